The molecule has 6 nitrogen and oxygen atoms in total. The number of hydrogen-bond donors (Lipinski definition) is 0. The quantitative estimate of drug-likeness (QED) is 0.739. The summed E-state index contributed by atoms with van der Waals surface area (Å²) in [4.78, 5) is 23.7. The van der Waals surface area contributed by atoms with E-state index in [0.29, 0.717) is 12.8 Å². The fourth-order valence-corrected chi connectivity index (χ4v) is 3.43. The highest BCUT2D eigenvalue weighted by Crippen LogP contribution is 2.23. The first-order chi connectivity index (χ1) is 10.5. The summed E-state index contributed by atoms with van der Waals surface area (Å²) < 4.78 is 23.0. The first-order valence-corrected chi connectivity index (χ1v) is 8.20. The largest absolute Gasteiger partial charge is 0.465 e. The number of nitrogens with zero attached hydrogens (tertiary/aromatic N) is 1. The Labute approximate surface area is 132 Å². The molecule has 1 heterocycles. The van der Waals surface area contributed by atoms with Crippen molar-refractivity contribution in [1.82, 2.24) is 4.31 Å². The molecule has 3 atom stereocenters. The van der Waals surface area contributed by atoms with Gasteiger partial charge in [0, 0.05) is 0 Å². The number of esters is 1. The molecule has 22 heavy (non-hydrogen) atoms. The van der Waals surface area contributed by atoms with Crippen LogP contribution in [-0.4, -0.2) is 39.1 Å². The third-order valence-corrected chi connectivity index (χ3v) is 4.69. The summed E-state index contributed by atoms with van der Waals surface area (Å²) >= 11 is -1.95. The third kappa shape index (κ3) is 3.72. The number of ether oxygens (including phenoxy) is 1. The normalized spacial score (nSPS) is 23.1. The van der Waals surface area contributed by atoms with E-state index in [9.17, 15) is 13.8 Å². The maximum absolute atomic E-state index is 12.2. The monoisotopic (exact) mass is 325 g/mol. The first kappa shape index (κ1) is 16.6. The van der Waals surface area contributed by atoms with Crippen molar-refractivity contribution in [3.05, 3.63) is 35.9 Å². The van der Waals surface area contributed by atoms with Gasteiger partial charge in [-0.15, -0.1) is 0 Å². The van der Waals surface area contributed by atoms with E-state index in [2.05, 4.69) is 0 Å². The van der Waals surface area contributed by atoms with Crippen LogP contribution in [0.3, 0.4) is 0 Å². The van der Waals surface area contributed by atoms with Crippen LogP contribution >= 0.6 is 0 Å². The molecule has 0 N–H and O–H groups in total. The van der Waals surface area contributed by atoms with Gasteiger partial charge in [0.15, 0.2) is 0 Å². The van der Waals surface area contributed by atoms with Crippen molar-refractivity contribution in [2.45, 2.75) is 38.8 Å². The Morgan fingerprint density at radius 3 is 2.64 bits per heavy atom. The molecule has 0 amide bonds. The van der Waals surface area contributed by atoms with Crippen LogP contribution in [0.5, 0.6) is 0 Å². The fourth-order valence-electron chi connectivity index (χ4n) is 2.33. The van der Waals surface area contributed by atoms with E-state index in [-0.39, 0.29) is 6.61 Å². The summed E-state index contributed by atoms with van der Waals surface area (Å²) in [6, 6.07) is 8.14. The molecule has 1 unspecified atom stereocenters. The van der Waals surface area contributed by atoms with Crippen molar-refractivity contribution in [2.24, 2.45) is 0 Å². The molecule has 0 aliphatic carbocycles. The Hall–Kier alpha value is -1.73. The van der Waals surface area contributed by atoms with Gasteiger partial charge in [0.25, 0.3) is 11.3 Å². The van der Waals surface area contributed by atoms with E-state index < -0.39 is 35.3 Å². The first-order valence-electron chi connectivity index (χ1n) is 7.17. The number of aryl methyl sites for hydroxylation is 1. The molecule has 0 saturated carbocycles. The number of carbonyl (C=O) groups excluding carboxylic acids is 2. The van der Waals surface area contributed by atoms with Gasteiger partial charge in [-0.3, -0.25) is 4.79 Å². The molecular formula is C15H19NO5S. The van der Waals surface area contributed by atoms with E-state index in [4.69, 9.17) is 8.92 Å². The smallest absolute Gasteiger partial charge is 0.339 e. The van der Waals surface area contributed by atoms with E-state index in [1.54, 1.807) is 13.8 Å². The minimum atomic E-state index is -1.95. The molecule has 2 rings (SSSR count). The van der Waals surface area contributed by atoms with Crippen LogP contribution in [0.15, 0.2) is 30.3 Å². The molecule has 1 aliphatic rings. The third-order valence-electron chi connectivity index (χ3n) is 3.46. The standard InChI is InChI=1S/C15H19NO5S/c1-3-20-15(18)13(10-9-12-7-5-4-6-8-12)16-11(2)14(17)21-22(16)19/h4-8,11,13H,3,9-10H2,1-2H3/t11-,13-,22?/m0/s1. The Morgan fingerprint density at radius 2 is 2.09 bits per heavy atom. The van der Waals surface area contributed by atoms with Gasteiger partial charge in [0.05, 0.1) is 6.61 Å². The van der Waals surface area contributed by atoms with Gasteiger partial charge in [0.2, 0.25) is 0 Å². The van der Waals surface area contributed by atoms with Crippen LogP contribution in [0.25, 0.3) is 0 Å². The van der Waals surface area contributed by atoms with Crippen molar-refractivity contribution < 1.29 is 22.7 Å². The summed E-state index contributed by atoms with van der Waals surface area (Å²) in [5.74, 6) is -1.08. The van der Waals surface area contributed by atoms with Crippen LogP contribution in [-0.2, 0) is 36.2 Å². The zero-order chi connectivity index (χ0) is 16.1. The second-order valence-electron chi connectivity index (χ2n) is 4.95. The van der Waals surface area contributed by atoms with Gasteiger partial charge in [-0.05, 0) is 32.3 Å². The molecule has 1 aliphatic heterocycles. The summed E-state index contributed by atoms with van der Waals surface area (Å²) in [6.45, 7) is 3.50. The number of carbonyl (C=O) groups is 2. The van der Waals surface area contributed by atoms with Gasteiger partial charge in [0.1, 0.15) is 12.1 Å². The molecule has 0 radical (unpaired) electrons. The minimum Gasteiger partial charge on any atom is -0.465 e. The Kier molecular flexibility index (Phi) is 5.68. The Bertz CT molecular complexity index is 562. The highest BCUT2D eigenvalue weighted by Gasteiger charge is 2.45. The lowest BCUT2D eigenvalue weighted by molar-refractivity contribution is -0.148. The van der Waals surface area contributed by atoms with Crippen molar-refractivity contribution >= 4 is 23.2 Å². The van der Waals surface area contributed by atoms with Crippen LogP contribution < -0.4 is 0 Å². The van der Waals surface area contributed by atoms with Crippen LogP contribution in [0.1, 0.15) is 25.8 Å². The van der Waals surface area contributed by atoms with Gasteiger partial charge in [-0.1, -0.05) is 30.3 Å². The maximum atomic E-state index is 12.2. The molecule has 7 heteroatoms. The van der Waals surface area contributed by atoms with Crippen LogP contribution in [0.4, 0.5) is 0 Å². The van der Waals surface area contributed by atoms with E-state index in [1.807, 2.05) is 30.3 Å². The topological polar surface area (TPSA) is 72.9 Å². The van der Waals surface area contributed by atoms with E-state index in [1.165, 1.54) is 4.31 Å². The average Bonchev–Trinajstić information content (AvgIpc) is 2.75. The predicted octanol–water partition coefficient (Wildman–Crippen LogP) is 1.38. The number of rotatable bonds is 6. The van der Waals surface area contributed by atoms with E-state index >= 15 is 0 Å². The maximum Gasteiger partial charge on any atom is 0.339 e. The highest BCUT2D eigenvalue weighted by atomic mass is 32.2. The second kappa shape index (κ2) is 7.51. The van der Waals surface area contributed by atoms with Crippen molar-refractivity contribution in [3.8, 4) is 0 Å². The predicted molar refractivity (Wildman–Crippen MR) is 80.7 cm³/mol. The second-order valence-corrected chi connectivity index (χ2v) is 5.97. The van der Waals surface area contributed by atoms with Crippen LogP contribution in [0.2, 0.25) is 0 Å². The summed E-state index contributed by atoms with van der Waals surface area (Å²) in [7, 11) is 0. The zero-order valence-corrected chi connectivity index (χ0v) is 13.4. The van der Waals surface area contributed by atoms with E-state index in [0.717, 1.165) is 5.56 Å². The number of benzene rings is 1. The van der Waals surface area contributed by atoms with Gasteiger partial charge >= 0.3 is 11.9 Å². The molecule has 0 spiro atoms. The van der Waals surface area contributed by atoms with Gasteiger partial charge in [-0.25, -0.2) is 4.79 Å². The van der Waals surface area contributed by atoms with Crippen molar-refractivity contribution in [3.63, 3.8) is 0 Å². The molecule has 120 valence electrons. The molecule has 1 fully saturated rings. The zero-order valence-electron chi connectivity index (χ0n) is 12.6. The molecule has 1 aromatic rings. The minimum absolute atomic E-state index is 0.227. The summed E-state index contributed by atoms with van der Waals surface area (Å²) in [5, 5.41) is 0. The molecular weight excluding hydrogens is 306 g/mol. The Morgan fingerprint density at radius 1 is 1.41 bits per heavy atom. The lowest BCUT2D eigenvalue weighted by atomic mass is 10.0. The van der Waals surface area contributed by atoms with Gasteiger partial charge in [-0.2, -0.15) is 8.51 Å². The van der Waals surface area contributed by atoms with Gasteiger partial charge < -0.3 is 8.92 Å². The molecule has 1 aromatic carbocycles. The summed E-state index contributed by atoms with van der Waals surface area (Å²) in [5.41, 5.74) is 1.06. The SMILES string of the molecule is CCOC(=O)[C@H](CCc1ccccc1)N1[C@@H](C)C(=O)OS1=O. The number of hydrogen-bond acceptors (Lipinski definition) is 5. The molecule has 1 saturated heterocycles. The lowest BCUT2D eigenvalue weighted by Gasteiger charge is -2.24. The van der Waals surface area contributed by atoms with Crippen LogP contribution in [0, 0.1) is 0 Å². The summed E-state index contributed by atoms with van der Waals surface area (Å²) in [6.07, 6.45) is 1.01. The van der Waals surface area contributed by atoms with Crippen molar-refractivity contribution in [1.29, 1.82) is 0 Å². The molecule has 0 aromatic heterocycles. The highest BCUT2D eigenvalue weighted by molar-refractivity contribution is 7.78. The molecule has 0 bridgehead atoms. The Balaban J connectivity index is 2.14. The lowest BCUT2D eigenvalue weighted by Crippen LogP contribution is -2.45. The average molecular weight is 325 g/mol. The van der Waals surface area contributed by atoms with Crippen molar-refractivity contribution in [2.75, 3.05) is 6.61 Å². The fraction of sp³-hybridized carbons (Fsp3) is 0.467.